The summed E-state index contributed by atoms with van der Waals surface area (Å²) in [6.07, 6.45) is 8.23. The lowest BCUT2D eigenvalue weighted by Crippen LogP contribution is -2.18. The Kier molecular flexibility index (Phi) is 3.55. The van der Waals surface area contributed by atoms with E-state index in [0.29, 0.717) is 6.10 Å². The van der Waals surface area contributed by atoms with Crippen molar-refractivity contribution in [1.82, 2.24) is 5.32 Å². The van der Waals surface area contributed by atoms with Crippen LogP contribution in [0.25, 0.3) is 0 Å². The Bertz CT molecular complexity index is 406. The second-order valence-corrected chi connectivity index (χ2v) is 5.79. The first-order valence-corrected chi connectivity index (χ1v) is 7.31. The van der Waals surface area contributed by atoms with Crippen LogP contribution in [-0.2, 0) is 6.54 Å². The first-order chi connectivity index (χ1) is 8.81. The van der Waals surface area contributed by atoms with Crippen LogP contribution in [0.2, 0.25) is 0 Å². The Morgan fingerprint density at radius 3 is 2.67 bits per heavy atom. The molecule has 3 rings (SSSR count). The molecule has 2 nitrogen and oxygen atoms in total. The average Bonchev–Trinajstić information content (AvgIpc) is 3.06. The summed E-state index contributed by atoms with van der Waals surface area (Å²) in [5, 5.41) is 3.59. The number of ether oxygens (including phenoxy) is 1. The molecule has 98 valence electrons. The van der Waals surface area contributed by atoms with E-state index in [9.17, 15) is 0 Å². The Labute approximate surface area is 110 Å². The molecule has 0 bridgehead atoms. The smallest absolute Gasteiger partial charge is 0.124 e. The van der Waals surface area contributed by atoms with Crippen molar-refractivity contribution in [2.24, 2.45) is 0 Å². The van der Waals surface area contributed by atoms with Gasteiger partial charge in [-0.2, -0.15) is 0 Å². The molecule has 18 heavy (non-hydrogen) atoms. The number of hydrogen-bond acceptors (Lipinski definition) is 2. The maximum absolute atomic E-state index is 6.17. The lowest BCUT2D eigenvalue weighted by atomic mass is 10.1. The molecule has 2 aliphatic carbocycles. The molecule has 0 atom stereocenters. The molecule has 0 saturated heterocycles. The number of aryl methyl sites for hydroxylation is 1. The van der Waals surface area contributed by atoms with Crippen LogP contribution in [0.15, 0.2) is 18.2 Å². The van der Waals surface area contributed by atoms with Crippen molar-refractivity contribution in [1.29, 1.82) is 0 Å². The van der Waals surface area contributed by atoms with Gasteiger partial charge in [0, 0.05) is 18.2 Å². The third-order valence-corrected chi connectivity index (χ3v) is 3.97. The van der Waals surface area contributed by atoms with E-state index in [-0.39, 0.29) is 0 Å². The lowest BCUT2D eigenvalue weighted by molar-refractivity contribution is 0.207. The number of nitrogens with one attached hydrogen (secondary N) is 1. The van der Waals surface area contributed by atoms with Crippen LogP contribution in [0.1, 0.15) is 49.7 Å². The average molecular weight is 245 g/mol. The molecule has 2 fully saturated rings. The summed E-state index contributed by atoms with van der Waals surface area (Å²) >= 11 is 0. The van der Waals surface area contributed by atoms with Crippen molar-refractivity contribution in [2.75, 3.05) is 0 Å². The second-order valence-electron chi connectivity index (χ2n) is 5.79. The SMILES string of the molecule is Cc1ccc(OC2CCCC2)c(CNC2CC2)c1. The summed E-state index contributed by atoms with van der Waals surface area (Å²) < 4.78 is 6.17. The molecule has 2 aliphatic rings. The van der Waals surface area contributed by atoms with E-state index >= 15 is 0 Å². The molecule has 0 heterocycles. The van der Waals surface area contributed by atoms with Gasteiger partial charge in [0.25, 0.3) is 0 Å². The van der Waals surface area contributed by atoms with Gasteiger partial charge in [0.15, 0.2) is 0 Å². The van der Waals surface area contributed by atoms with Crippen molar-refractivity contribution in [2.45, 2.75) is 64.1 Å². The monoisotopic (exact) mass is 245 g/mol. The van der Waals surface area contributed by atoms with E-state index in [0.717, 1.165) is 18.3 Å². The third kappa shape index (κ3) is 3.05. The highest BCUT2D eigenvalue weighted by atomic mass is 16.5. The largest absolute Gasteiger partial charge is 0.490 e. The zero-order valence-corrected chi connectivity index (χ0v) is 11.2. The maximum atomic E-state index is 6.17. The summed E-state index contributed by atoms with van der Waals surface area (Å²) in [5.74, 6) is 1.10. The van der Waals surface area contributed by atoms with E-state index in [2.05, 4.69) is 30.4 Å². The first kappa shape index (κ1) is 12.0. The Hall–Kier alpha value is -1.02. The molecular weight excluding hydrogens is 222 g/mol. The van der Waals surface area contributed by atoms with Crippen LogP contribution >= 0.6 is 0 Å². The minimum absolute atomic E-state index is 0.451. The van der Waals surface area contributed by atoms with Gasteiger partial charge in [0.1, 0.15) is 5.75 Å². The molecule has 0 unspecified atom stereocenters. The van der Waals surface area contributed by atoms with Crippen molar-refractivity contribution in [3.63, 3.8) is 0 Å². The zero-order valence-electron chi connectivity index (χ0n) is 11.2. The Balaban J connectivity index is 1.69. The normalized spacial score (nSPS) is 20.3. The zero-order chi connectivity index (χ0) is 12.4. The minimum atomic E-state index is 0.451. The highest BCUT2D eigenvalue weighted by Crippen LogP contribution is 2.28. The summed E-state index contributed by atoms with van der Waals surface area (Å²) in [7, 11) is 0. The van der Waals surface area contributed by atoms with Crippen molar-refractivity contribution >= 4 is 0 Å². The number of hydrogen-bond donors (Lipinski definition) is 1. The molecule has 1 N–H and O–H groups in total. The standard InChI is InChI=1S/C16H23NO/c1-12-6-9-16(18-15-4-2-3-5-15)13(10-12)11-17-14-7-8-14/h6,9-10,14-15,17H,2-5,7-8,11H2,1H3. The van der Waals surface area contributed by atoms with E-state index in [1.807, 2.05) is 0 Å². The predicted octanol–water partition coefficient (Wildman–Crippen LogP) is 3.57. The molecule has 2 heteroatoms. The highest BCUT2D eigenvalue weighted by Gasteiger charge is 2.22. The van der Waals surface area contributed by atoms with Crippen molar-refractivity contribution < 1.29 is 4.74 Å². The fourth-order valence-corrected chi connectivity index (χ4v) is 2.69. The number of rotatable bonds is 5. The van der Waals surface area contributed by atoms with Gasteiger partial charge in [-0.1, -0.05) is 17.7 Å². The van der Waals surface area contributed by atoms with Gasteiger partial charge < -0.3 is 10.1 Å². The van der Waals surface area contributed by atoms with Gasteiger partial charge in [-0.3, -0.25) is 0 Å². The van der Waals surface area contributed by atoms with E-state index in [1.54, 1.807) is 0 Å². The quantitative estimate of drug-likeness (QED) is 0.856. The van der Waals surface area contributed by atoms with Crippen LogP contribution in [0.5, 0.6) is 5.75 Å². The molecule has 1 aromatic rings. The van der Waals surface area contributed by atoms with Gasteiger partial charge in [0.2, 0.25) is 0 Å². The van der Waals surface area contributed by atoms with E-state index in [4.69, 9.17) is 4.74 Å². The Morgan fingerprint density at radius 2 is 1.94 bits per heavy atom. The molecule has 0 spiro atoms. The molecule has 0 amide bonds. The van der Waals surface area contributed by atoms with Crippen LogP contribution in [0.4, 0.5) is 0 Å². The third-order valence-electron chi connectivity index (χ3n) is 3.97. The van der Waals surface area contributed by atoms with Crippen LogP contribution in [0, 0.1) is 6.92 Å². The highest BCUT2D eigenvalue weighted by molar-refractivity contribution is 5.37. The molecular formula is C16H23NO. The minimum Gasteiger partial charge on any atom is -0.490 e. The van der Waals surface area contributed by atoms with Gasteiger partial charge in [0.05, 0.1) is 6.10 Å². The Morgan fingerprint density at radius 1 is 1.17 bits per heavy atom. The van der Waals surface area contributed by atoms with Gasteiger partial charge in [-0.05, 0) is 51.5 Å². The summed E-state index contributed by atoms with van der Waals surface area (Å²) in [5.41, 5.74) is 2.65. The topological polar surface area (TPSA) is 21.3 Å². The molecule has 1 aromatic carbocycles. The van der Waals surface area contributed by atoms with Gasteiger partial charge in [-0.15, -0.1) is 0 Å². The van der Waals surface area contributed by atoms with Crippen molar-refractivity contribution in [3.05, 3.63) is 29.3 Å². The van der Waals surface area contributed by atoms with Gasteiger partial charge in [-0.25, -0.2) is 0 Å². The van der Waals surface area contributed by atoms with Crippen LogP contribution in [0.3, 0.4) is 0 Å². The number of benzene rings is 1. The first-order valence-electron chi connectivity index (χ1n) is 7.31. The molecule has 0 aromatic heterocycles. The van der Waals surface area contributed by atoms with Crippen molar-refractivity contribution in [3.8, 4) is 5.75 Å². The molecule has 0 radical (unpaired) electrons. The fourth-order valence-electron chi connectivity index (χ4n) is 2.69. The lowest BCUT2D eigenvalue weighted by Gasteiger charge is -2.17. The fraction of sp³-hybridized carbons (Fsp3) is 0.625. The summed E-state index contributed by atoms with van der Waals surface area (Å²) in [4.78, 5) is 0. The second kappa shape index (κ2) is 5.31. The maximum Gasteiger partial charge on any atom is 0.124 e. The van der Waals surface area contributed by atoms with Crippen LogP contribution in [-0.4, -0.2) is 12.1 Å². The molecule has 2 saturated carbocycles. The molecule has 0 aliphatic heterocycles. The van der Waals surface area contributed by atoms with E-state index < -0.39 is 0 Å². The van der Waals surface area contributed by atoms with Gasteiger partial charge >= 0.3 is 0 Å². The summed E-state index contributed by atoms with van der Waals surface area (Å²) in [6.45, 7) is 3.11. The van der Waals surface area contributed by atoms with Crippen LogP contribution < -0.4 is 10.1 Å². The predicted molar refractivity (Wildman–Crippen MR) is 73.9 cm³/mol. The summed E-state index contributed by atoms with van der Waals surface area (Å²) in [6, 6.07) is 7.33. The van der Waals surface area contributed by atoms with E-state index in [1.165, 1.54) is 49.7 Å².